The summed E-state index contributed by atoms with van der Waals surface area (Å²) in [5.74, 6) is 0. The molecule has 1 heterocycles. The minimum absolute atomic E-state index is 0.235. The van der Waals surface area contributed by atoms with Crippen molar-refractivity contribution >= 4 is 11.0 Å². The van der Waals surface area contributed by atoms with E-state index < -0.39 is 0 Å². The summed E-state index contributed by atoms with van der Waals surface area (Å²) in [6.07, 6.45) is 6.74. The lowest BCUT2D eigenvalue weighted by Gasteiger charge is -2.12. The largest absolute Gasteiger partial charge is 0.329 e. The number of hydrogen-bond acceptors (Lipinski definition) is 2. The van der Waals surface area contributed by atoms with Crippen molar-refractivity contribution in [3.8, 4) is 0 Å². The Morgan fingerprint density at radius 2 is 2.12 bits per heavy atom. The third-order valence-electron chi connectivity index (χ3n) is 3.14. The van der Waals surface area contributed by atoms with Crippen LogP contribution in [0, 0.1) is 0 Å². The standard InChI is InChI=1S/C14H21N3/c1-2-3-4-7-12(15)10-17-11-16-13-8-5-6-9-14(13)17/h5-6,8-9,11-12H,2-4,7,10,15H2,1H3. The van der Waals surface area contributed by atoms with Crippen LogP contribution in [-0.4, -0.2) is 15.6 Å². The topological polar surface area (TPSA) is 43.8 Å². The monoisotopic (exact) mass is 231 g/mol. The smallest absolute Gasteiger partial charge is 0.0958 e. The van der Waals surface area contributed by atoms with Crippen LogP contribution in [0.2, 0.25) is 0 Å². The molecule has 3 heteroatoms. The second-order valence-corrected chi connectivity index (χ2v) is 4.64. The normalized spacial score (nSPS) is 13.1. The van der Waals surface area contributed by atoms with Gasteiger partial charge in [0.05, 0.1) is 17.4 Å². The van der Waals surface area contributed by atoms with Crippen LogP contribution in [0.1, 0.15) is 32.6 Å². The number of aromatic nitrogens is 2. The van der Waals surface area contributed by atoms with Crippen molar-refractivity contribution in [3.63, 3.8) is 0 Å². The lowest BCUT2D eigenvalue weighted by molar-refractivity contribution is 0.499. The zero-order valence-electron chi connectivity index (χ0n) is 10.5. The molecule has 0 aliphatic heterocycles. The maximum absolute atomic E-state index is 6.15. The molecule has 0 bridgehead atoms. The van der Waals surface area contributed by atoms with Crippen molar-refractivity contribution in [3.05, 3.63) is 30.6 Å². The van der Waals surface area contributed by atoms with Gasteiger partial charge < -0.3 is 10.3 Å². The van der Waals surface area contributed by atoms with Gasteiger partial charge in [0.1, 0.15) is 0 Å². The number of imidazole rings is 1. The zero-order chi connectivity index (χ0) is 12.1. The number of hydrogen-bond donors (Lipinski definition) is 1. The average molecular weight is 231 g/mol. The molecule has 0 spiro atoms. The van der Waals surface area contributed by atoms with Crippen molar-refractivity contribution < 1.29 is 0 Å². The molecule has 3 nitrogen and oxygen atoms in total. The van der Waals surface area contributed by atoms with Gasteiger partial charge in [-0.3, -0.25) is 0 Å². The van der Waals surface area contributed by atoms with Crippen LogP contribution in [0.3, 0.4) is 0 Å². The third kappa shape index (κ3) is 3.07. The molecule has 0 fully saturated rings. The van der Waals surface area contributed by atoms with E-state index in [-0.39, 0.29) is 6.04 Å². The van der Waals surface area contributed by atoms with Gasteiger partial charge in [-0.2, -0.15) is 0 Å². The fourth-order valence-electron chi connectivity index (χ4n) is 2.16. The highest BCUT2D eigenvalue weighted by Crippen LogP contribution is 2.13. The minimum atomic E-state index is 0.235. The van der Waals surface area contributed by atoms with Gasteiger partial charge in [0, 0.05) is 12.6 Å². The maximum atomic E-state index is 6.15. The second-order valence-electron chi connectivity index (χ2n) is 4.64. The Labute approximate surface area is 103 Å². The van der Waals surface area contributed by atoms with Crippen LogP contribution < -0.4 is 5.73 Å². The number of benzene rings is 1. The molecule has 1 unspecified atom stereocenters. The van der Waals surface area contributed by atoms with Crippen LogP contribution in [0.15, 0.2) is 30.6 Å². The van der Waals surface area contributed by atoms with Gasteiger partial charge in [-0.05, 0) is 18.6 Å². The molecule has 0 radical (unpaired) electrons. The second kappa shape index (κ2) is 5.82. The molecule has 0 saturated carbocycles. The molecule has 1 aromatic carbocycles. The van der Waals surface area contributed by atoms with Crippen LogP contribution in [0.5, 0.6) is 0 Å². The summed E-state index contributed by atoms with van der Waals surface area (Å²) in [5.41, 5.74) is 8.38. The van der Waals surface area contributed by atoms with Gasteiger partial charge >= 0.3 is 0 Å². The number of unbranched alkanes of at least 4 members (excludes halogenated alkanes) is 2. The average Bonchev–Trinajstić information content (AvgIpc) is 2.73. The highest BCUT2D eigenvalue weighted by molar-refractivity contribution is 5.74. The van der Waals surface area contributed by atoms with Gasteiger partial charge in [0.15, 0.2) is 0 Å². The molecule has 1 atom stereocenters. The zero-order valence-corrected chi connectivity index (χ0v) is 10.5. The first-order valence-electron chi connectivity index (χ1n) is 6.46. The summed E-state index contributed by atoms with van der Waals surface area (Å²) < 4.78 is 2.16. The van der Waals surface area contributed by atoms with E-state index in [0.29, 0.717) is 0 Å². The molecule has 92 valence electrons. The van der Waals surface area contributed by atoms with Gasteiger partial charge in [-0.1, -0.05) is 38.3 Å². The van der Waals surface area contributed by atoms with E-state index in [1.807, 2.05) is 24.5 Å². The number of para-hydroxylation sites is 2. The highest BCUT2D eigenvalue weighted by atomic mass is 15.1. The fraction of sp³-hybridized carbons (Fsp3) is 0.500. The fourth-order valence-corrected chi connectivity index (χ4v) is 2.16. The SMILES string of the molecule is CCCCCC(N)Cn1cnc2ccccc21. The van der Waals surface area contributed by atoms with Crippen molar-refractivity contribution in [1.29, 1.82) is 0 Å². The Morgan fingerprint density at radius 1 is 1.29 bits per heavy atom. The Kier molecular flexibility index (Phi) is 4.15. The Morgan fingerprint density at radius 3 is 2.94 bits per heavy atom. The number of nitrogens with zero attached hydrogens (tertiary/aromatic N) is 2. The summed E-state index contributed by atoms with van der Waals surface area (Å²) in [6, 6.07) is 8.43. The van der Waals surface area contributed by atoms with Crippen LogP contribution in [0.25, 0.3) is 11.0 Å². The van der Waals surface area contributed by atoms with E-state index in [2.05, 4.69) is 22.5 Å². The molecular weight excluding hydrogens is 210 g/mol. The lowest BCUT2D eigenvalue weighted by Crippen LogP contribution is -2.25. The molecule has 0 aliphatic rings. The molecule has 2 aromatic rings. The molecule has 1 aromatic heterocycles. The van der Waals surface area contributed by atoms with Crippen molar-refractivity contribution in [2.75, 3.05) is 0 Å². The van der Waals surface area contributed by atoms with Crippen LogP contribution >= 0.6 is 0 Å². The summed E-state index contributed by atoms with van der Waals surface area (Å²) in [7, 11) is 0. The van der Waals surface area contributed by atoms with E-state index in [1.165, 1.54) is 24.8 Å². The minimum Gasteiger partial charge on any atom is -0.329 e. The maximum Gasteiger partial charge on any atom is 0.0958 e. The number of nitrogens with two attached hydrogens (primary N) is 1. The van der Waals surface area contributed by atoms with E-state index in [0.717, 1.165) is 18.5 Å². The lowest BCUT2D eigenvalue weighted by atomic mass is 10.1. The number of fused-ring (bicyclic) bond motifs is 1. The quantitative estimate of drug-likeness (QED) is 0.777. The molecule has 0 saturated heterocycles. The molecular formula is C14H21N3. The predicted octanol–water partition coefficient (Wildman–Crippen LogP) is 2.94. The van der Waals surface area contributed by atoms with Gasteiger partial charge in [-0.15, -0.1) is 0 Å². The van der Waals surface area contributed by atoms with Gasteiger partial charge in [0.2, 0.25) is 0 Å². The summed E-state index contributed by atoms with van der Waals surface area (Å²) in [5, 5.41) is 0. The van der Waals surface area contributed by atoms with E-state index >= 15 is 0 Å². The summed E-state index contributed by atoms with van der Waals surface area (Å²) >= 11 is 0. The van der Waals surface area contributed by atoms with Crippen molar-refractivity contribution in [2.45, 2.75) is 45.2 Å². The number of rotatable bonds is 6. The Bertz CT molecular complexity index is 461. The summed E-state index contributed by atoms with van der Waals surface area (Å²) in [6.45, 7) is 3.08. The molecule has 2 rings (SSSR count). The van der Waals surface area contributed by atoms with Gasteiger partial charge in [0.25, 0.3) is 0 Å². The first kappa shape index (κ1) is 12.1. The molecule has 0 amide bonds. The summed E-state index contributed by atoms with van der Waals surface area (Å²) in [4.78, 5) is 4.38. The third-order valence-corrected chi connectivity index (χ3v) is 3.14. The Balaban J connectivity index is 1.98. The Hall–Kier alpha value is -1.35. The van der Waals surface area contributed by atoms with Crippen molar-refractivity contribution in [1.82, 2.24) is 9.55 Å². The first-order chi connectivity index (χ1) is 8.31. The van der Waals surface area contributed by atoms with E-state index in [9.17, 15) is 0 Å². The van der Waals surface area contributed by atoms with Crippen LogP contribution in [-0.2, 0) is 6.54 Å². The molecule has 17 heavy (non-hydrogen) atoms. The molecule has 0 aliphatic carbocycles. The van der Waals surface area contributed by atoms with Crippen molar-refractivity contribution in [2.24, 2.45) is 5.73 Å². The van der Waals surface area contributed by atoms with Gasteiger partial charge in [-0.25, -0.2) is 4.98 Å². The van der Waals surface area contributed by atoms with E-state index in [4.69, 9.17) is 5.73 Å². The van der Waals surface area contributed by atoms with Crippen LogP contribution in [0.4, 0.5) is 0 Å². The first-order valence-corrected chi connectivity index (χ1v) is 6.46. The molecule has 2 N–H and O–H groups in total. The van der Waals surface area contributed by atoms with E-state index in [1.54, 1.807) is 0 Å². The predicted molar refractivity (Wildman–Crippen MR) is 71.9 cm³/mol. The highest BCUT2D eigenvalue weighted by Gasteiger charge is 2.06.